The number of nitrogens with zero attached hydrogens (tertiary/aromatic N) is 4. The first-order valence-electron chi connectivity index (χ1n) is 42.1. The molecule has 16 N–H and O–H groups in total. The number of urea groups is 1. The number of rotatable bonds is 56. The maximum Gasteiger partial charge on any atom is 0.312 e. The molecule has 10 amide bonds. The molecule has 7 rings (SSSR count). The van der Waals surface area contributed by atoms with Crippen molar-refractivity contribution < 1.29 is 107 Å². The van der Waals surface area contributed by atoms with Gasteiger partial charge in [0.1, 0.15) is 25.4 Å². The van der Waals surface area contributed by atoms with Crippen molar-refractivity contribution in [3.05, 3.63) is 106 Å². The van der Waals surface area contributed by atoms with Gasteiger partial charge in [-0.2, -0.15) is 16.8 Å². The highest BCUT2D eigenvalue weighted by Gasteiger charge is 2.37. The highest BCUT2D eigenvalue weighted by Crippen LogP contribution is 2.40. The van der Waals surface area contributed by atoms with Crippen LogP contribution in [0, 0.1) is 17.8 Å². The first-order valence-corrected chi connectivity index (χ1v) is 45.3. The largest absolute Gasteiger partial charge is 0.461 e. The van der Waals surface area contributed by atoms with Gasteiger partial charge in [0, 0.05) is 100 Å². The van der Waals surface area contributed by atoms with Crippen LogP contribution in [-0.2, 0) is 110 Å². The van der Waals surface area contributed by atoms with E-state index < -0.39 is 135 Å². The Labute approximate surface area is 724 Å². The number of nitrogens with one attached hydrogen (secondary N) is 12. The van der Waals surface area contributed by atoms with Gasteiger partial charge in [-0.15, -0.1) is 11.1 Å². The summed E-state index contributed by atoms with van der Waals surface area (Å²) in [5.74, 6) is -8.07. The third-order valence-corrected chi connectivity index (χ3v) is 21.8. The molecule has 4 aliphatic rings. The maximum atomic E-state index is 14.5. The highest BCUT2D eigenvalue weighted by molar-refractivity contribution is 7.86. The van der Waals surface area contributed by atoms with Crippen molar-refractivity contribution in [3.63, 3.8) is 0 Å². The minimum atomic E-state index is -4.38. The average Bonchev–Trinajstić information content (AvgIpc) is 1.55. The monoisotopic (exact) mass is 1780 g/mol. The number of hydrazine groups is 4. The number of benzene rings is 3. The number of Topliss-reactive ketones (excluding diaryl/α,β-unsaturated/α-hetero) is 1. The molecule has 1 unspecified atom stereocenters. The van der Waals surface area contributed by atoms with Crippen molar-refractivity contribution in [2.24, 2.45) is 23.5 Å². The van der Waals surface area contributed by atoms with Crippen LogP contribution in [0.4, 0.5) is 16.2 Å². The number of para-hydroxylation sites is 1. The number of hydrogen-bond donors (Lipinski definition) is 15. The molecule has 0 saturated carbocycles. The lowest BCUT2D eigenvalue weighted by Crippen LogP contribution is -2.53. The van der Waals surface area contributed by atoms with Crippen LogP contribution in [0.15, 0.2) is 84.2 Å². The van der Waals surface area contributed by atoms with Crippen molar-refractivity contribution in [1.29, 1.82) is 0 Å². The van der Waals surface area contributed by atoms with E-state index in [0.717, 1.165) is 58.7 Å². The van der Waals surface area contributed by atoms with Gasteiger partial charge in [0.2, 0.25) is 47.3 Å². The maximum absolute atomic E-state index is 14.5. The topological polar surface area (TPSA) is 535 Å². The summed E-state index contributed by atoms with van der Waals surface area (Å²) in [7, 11) is -8.77. The fraction of sp³-hybridized carbons (Fsp3) is 0.598. The van der Waals surface area contributed by atoms with Gasteiger partial charge in [0.15, 0.2) is 5.78 Å². The average molecular weight is 1780 g/mol. The predicted molar refractivity (Wildman–Crippen MR) is 458 cm³/mol. The second-order valence-corrected chi connectivity index (χ2v) is 34.3. The predicted octanol–water partition coefficient (Wildman–Crippen LogP) is 1.91. The molecular formula is C82H125N17O23S2. The molecule has 3 aliphatic heterocycles. The fourth-order valence-electron chi connectivity index (χ4n) is 13.8. The number of esters is 1. The molecule has 124 heavy (non-hydrogen) atoms. The van der Waals surface area contributed by atoms with Crippen LogP contribution in [0.25, 0.3) is 11.4 Å². The number of ketones is 1. The molecule has 40 nitrogen and oxygen atoms in total. The summed E-state index contributed by atoms with van der Waals surface area (Å²) in [5, 5.41) is 25.3. The van der Waals surface area contributed by atoms with E-state index >= 15 is 0 Å². The van der Waals surface area contributed by atoms with Crippen molar-refractivity contribution in [2.45, 2.75) is 169 Å². The molecule has 1 aliphatic carbocycles. The molecule has 4 atom stereocenters. The highest BCUT2D eigenvalue weighted by atomic mass is 32.2. The van der Waals surface area contributed by atoms with Crippen molar-refractivity contribution in [3.8, 4) is 0 Å². The molecule has 3 aromatic carbocycles. The molecule has 0 saturated heterocycles. The zero-order valence-electron chi connectivity index (χ0n) is 71.6. The van der Waals surface area contributed by atoms with Crippen LogP contribution in [0.5, 0.6) is 0 Å². The number of carbonyl (C=O) groups excluding carboxylic acids is 11. The molecule has 0 spiro atoms. The Bertz CT molecular complexity index is 4300. The fourth-order valence-corrected chi connectivity index (χ4v) is 14.5. The summed E-state index contributed by atoms with van der Waals surface area (Å²) in [4.78, 5) is 150. The molecule has 0 fully saturated rings. The van der Waals surface area contributed by atoms with Crippen molar-refractivity contribution in [1.82, 2.24) is 74.1 Å². The smallest absolute Gasteiger partial charge is 0.312 e. The number of anilines is 2. The number of carbonyl (C=O) groups is 11. The number of allylic oxidation sites excluding steroid dienone is 1. The first kappa shape index (κ1) is 101. The van der Waals surface area contributed by atoms with Gasteiger partial charge in [0.25, 0.3) is 20.2 Å². The molecule has 688 valence electrons. The van der Waals surface area contributed by atoms with E-state index in [1.54, 1.807) is 61.9 Å². The molecule has 0 bridgehead atoms. The van der Waals surface area contributed by atoms with Crippen LogP contribution < -0.4 is 75.1 Å². The van der Waals surface area contributed by atoms with E-state index in [4.69, 9.17) is 43.3 Å². The Hall–Kier alpha value is -9.99. The number of amides is 10. The molecule has 3 aromatic rings. The quantitative estimate of drug-likeness (QED) is 0.0218. The van der Waals surface area contributed by atoms with E-state index in [-0.39, 0.29) is 173 Å². The molecule has 3 heterocycles. The van der Waals surface area contributed by atoms with Crippen molar-refractivity contribution >= 4 is 108 Å². The van der Waals surface area contributed by atoms with Crippen LogP contribution in [0.3, 0.4) is 0 Å². The van der Waals surface area contributed by atoms with E-state index in [1.807, 2.05) is 42.5 Å². The van der Waals surface area contributed by atoms with Crippen LogP contribution in [0.1, 0.15) is 154 Å². The number of unbranched alkanes of at least 4 members (excludes halogenated alkanes) is 1. The molecule has 42 heteroatoms. The molecular weight excluding hydrogens is 1660 g/mol. The van der Waals surface area contributed by atoms with Crippen molar-refractivity contribution in [2.75, 3.05) is 140 Å². The van der Waals surface area contributed by atoms with E-state index in [2.05, 4.69) is 89.4 Å². The Balaban J connectivity index is 0.862. The van der Waals surface area contributed by atoms with Gasteiger partial charge in [0.05, 0.1) is 124 Å². The molecule has 0 aromatic heterocycles. The van der Waals surface area contributed by atoms with E-state index in [9.17, 15) is 69.6 Å². The lowest BCUT2D eigenvalue weighted by atomic mass is 9.89. The third-order valence-electron chi connectivity index (χ3n) is 20.3. The lowest BCUT2D eigenvalue weighted by molar-refractivity contribution is -0.148. The summed E-state index contributed by atoms with van der Waals surface area (Å²) >= 11 is 0. The minimum absolute atomic E-state index is 0.00399. The van der Waals surface area contributed by atoms with Crippen LogP contribution in [-0.4, -0.2) is 260 Å². The van der Waals surface area contributed by atoms with E-state index in [1.165, 1.54) is 4.90 Å². The van der Waals surface area contributed by atoms with Gasteiger partial charge in [-0.05, 0) is 100 Å². The number of primary amides is 1. The lowest BCUT2D eigenvalue weighted by Gasteiger charge is -2.31. The van der Waals surface area contributed by atoms with E-state index in [0.29, 0.717) is 49.2 Å². The van der Waals surface area contributed by atoms with Gasteiger partial charge in [-0.3, -0.25) is 72.0 Å². The van der Waals surface area contributed by atoms with Crippen LogP contribution >= 0.6 is 0 Å². The minimum Gasteiger partial charge on any atom is -0.461 e. The summed E-state index contributed by atoms with van der Waals surface area (Å²) in [6, 6.07) is 19.4. The number of hydrogen-bond acceptors (Lipinski definition) is 28. The molecule has 0 radical (unpaired) electrons. The SMILES string of the molecule is CC(C)C(=O)OCc1ccc(NC(=O)[C@H](CCCNC(N)=O)CC(=O)[C@@H](NC(=O)[C@@H](CCCCNC(=O)COC2CCCCCC3=C2NNN3CCN(CC(=O)NCCS(=O)(=O)O)CC(=O)NCCS(=O)(=O)O)NC(=O)CCOCCOCCOCCOCCNC(=O)CCC(=O)N2Cc3ccccc3C3=C(NNN3C(C)C)c3ccccc32)C(C)C)cc1. The Morgan fingerprint density at radius 1 is 0.605 bits per heavy atom. The Morgan fingerprint density at radius 3 is 1.87 bits per heavy atom. The summed E-state index contributed by atoms with van der Waals surface area (Å²) in [6.45, 7) is 11.7. The standard InChI is InChI=1S/C82H125N17O23S2/c1-55(2)75(67(100)49-59(18-16-33-88-82(83)110)79(107)89-61-27-25-58(26-28-61)53-122-81(109)56(3)4)91-80(108)64(21-14-15-32-84-73(105)54-121-68-24-9-7-8-23-66-77(68)93-94-98(66)38-37-96(51-71(103)86-35-47-123(111,112)113)52-72(104)87-36-48-124(114,115)116)90-70(102)31-39-117-41-43-119-45-46-120-44-42-118-40-34-85-69(101)29-30-74(106)97-50-60-17-10-11-19-62(60)78-76(92-95-99(78)57(5)6)63-20-12-13-22-65(63)97/h10-13,17,19-20,22,25-28,55-57,59,64,68,75,92-95H,7-9,14-16,18,21,23-24,29-54H2,1-6H3,(H,84,105)(H,85,101)(H,86,103)(H,87,104)(H,89,107)(H,90,102)(H,91,108)(H3,83,88,110)(H,111,112,113)(H,114,115,116)/t59-,64-,68?,75+/m1/s1. The second-order valence-electron chi connectivity index (χ2n) is 31.2. The van der Waals surface area contributed by atoms with Gasteiger partial charge in [-0.1, -0.05) is 95.1 Å². The summed E-state index contributed by atoms with van der Waals surface area (Å²) in [5.41, 5.74) is 26.1. The third kappa shape index (κ3) is 36.3. The van der Waals surface area contributed by atoms with Gasteiger partial charge >= 0.3 is 12.0 Å². The summed E-state index contributed by atoms with van der Waals surface area (Å²) < 4.78 is 97.5. The first-order chi connectivity index (χ1) is 59.2. The Morgan fingerprint density at radius 2 is 1.23 bits per heavy atom. The van der Waals surface area contributed by atoms with Gasteiger partial charge < -0.3 is 92.4 Å². The van der Waals surface area contributed by atoms with Gasteiger partial charge in [-0.25, -0.2) is 4.79 Å². The zero-order chi connectivity index (χ0) is 90.1. The number of nitrogens with two attached hydrogens (primary N) is 1. The summed E-state index contributed by atoms with van der Waals surface area (Å²) in [6.07, 6.45) is 3.53. The normalized spacial score (nSPS) is 15.3. The Kier molecular flexibility index (Phi) is 43.0. The number of fused-ring (bicyclic) bond motifs is 4. The van der Waals surface area contributed by atoms with Crippen LogP contribution in [0.2, 0.25) is 0 Å². The zero-order valence-corrected chi connectivity index (χ0v) is 73.2. The number of ether oxygens (including phenoxy) is 6. The second kappa shape index (κ2) is 52.7.